The number of halogens is 1. The van der Waals surface area contributed by atoms with Crippen molar-refractivity contribution < 1.29 is 14.0 Å². The standard InChI is InChI=1S/C20H19FN4O2/c1-3-19-18(12-22-25(19)17-10-4-14(21)5-11-17)20(27)24-16-8-6-15(7-9-16)23-13(2)26/h4-12H,3H2,1-2H3,(H,23,26)(H,24,27). The molecule has 0 fully saturated rings. The molecule has 138 valence electrons. The van der Waals surface area contributed by atoms with Gasteiger partial charge >= 0.3 is 0 Å². The number of nitrogens with zero attached hydrogens (tertiary/aromatic N) is 2. The van der Waals surface area contributed by atoms with Crippen molar-refractivity contribution in [3.63, 3.8) is 0 Å². The highest BCUT2D eigenvalue weighted by molar-refractivity contribution is 6.05. The summed E-state index contributed by atoms with van der Waals surface area (Å²) < 4.78 is 14.8. The maximum atomic E-state index is 13.1. The van der Waals surface area contributed by atoms with Gasteiger partial charge in [-0.25, -0.2) is 9.07 Å². The van der Waals surface area contributed by atoms with E-state index in [1.54, 1.807) is 41.1 Å². The molecule has 0 saturated carbocycles. The number of hydrogen-bond donors (Lipinski definition) is 2. The van der Waals surface area contributed by atoms with E-state index in [0.717, 1.165) is 5.69 Å². The molecule has 0 unspecified atom stereocenters. The van der Waals surface area contributed by atoms with E-state index in [4.69, 9.17) is 0 Å². The van der Waals surface area contributed by atoms with E-state index in [9.17, 15) is 14.0 Å². The number of hydrogen-bond acceptors (Lipinski definition) is 3. The SMILES string of the molecule is CCc1c(C(=O)Nc2ccc(NC(C)=O)cc2)cnn1-c1ccc(F)cc1. The van der Waals surface area contributed by atoms with Crippen molar-refractivity contribution in [3.8, 4) is 5.69 Å². The van der Waals surface area contributed by atoms with Crippen molar-refractivity contribution in [1.29, 1.82) is 0 Å². The maximum Gasteiger partial charge on any atom is 0.259 e. The van der Waals surface area contributed by atoms with E-state index < -0.39 is 0 Å². The molecule has 1 heterocycles. The monoisotopic (exact) mass is 366 g/mol. The molecule has 2 amide bonds. The second-order valence-corrected chi connectivity index (χ2v) is 5.96. The van der Waals surface area contributed by atoms with Crippen LogP contribution in [0.1, 0.15) is 29.9 Å². The van der Waals surface area contributed by atoms with Crippen LogP contribution < -0.4 is 10.6 Å². The van der Waals surface area contributed by atoms with Gasteiger partial charge in [-0.15, -0.1) is 0 Å². The van der Waals surface area contributed by atoms with Crippen LogP contribution in [0.15, 0.2) is 54.7 Å². The first-order valence-electron chi connectivity index (χ1n) is 8.49. The third-order valence-electron chi connectivity index (χ3n) is 3.98. The van der Waals surface area contributed by atoms with Gasteiger partial charge in [-0.05, 0) is 55.0 Å². The molecule has 6 nitrogen and oxygen atoms in total. The number of carbonyl (C=O) groups is 2. The van der Waals surface area contributed by atoms with Gasteiger partial charge in [-0.1, -0.05) is 6.92 Å². The molecule has 0 aliphatic rings. The zero-order chi connectivity index (χ0) is 19.4. The fourth-order valence-corrected chi connectivity index (χ4v) is 2.75. The summed E-state index contributed by atoms with van der Waals surface area (Å²) in [5.41, 5.74) is 3.12. The minimum atomic E-state index is -0.329. The summed E-state index contributed by atoms with van der Waals surface area (Å²) in [4.78, 5) is 23.7. The molecule has 0 bridgehead atoms. The molecule has 1 aromatic heterocycles. The van der Waals surface area contributed by atoms with Crippen molar-refractivity contribution in [2.24, 2.45) is 0 Å². The minimum absolute atomic E-state index is 0.160. The first-order valence-corrected chi connectivity index (χ1v) is 8.49. The Morgan fingerprint density at radius 3 is 2.15 bits per heavy atom. The topological polar surface area (TPSA) is 76.0 Å². The molecule has 0 aliphatic carbocycles. The van der Waals surface area contributed by atoms with Crippen molar-refractivity contribution in [3.05, 3.63) is 71.8 Å². The van der Waals surface area contributed by atoms with Gasteiger partial charge in [0.15, 0.2) is 0 Å². The van der Waals surface area contributed by atoms with E-state index in [2.05, 4.69) is 15.7 Å². The van der Waals surface area contributed by atoms with Crippen LogP contribution in [0.2, 0.25) is 0 Å². The number of amides is 2. The Morgan fingerprint density at radius 2 is 1.59 bits per heavy atom. The van der Waals surface area contributed by atoms with Gasteiger partial charge in [-0.3, -0.25) is 9.59 Å². The fourth-order valence-electron chi connectivity index (χ4n) is 2.75. The molecule has 0 atom stereocenters. The zero-order valence-electron chi connectivity index (χ0n) is 15.0. The van der Waals surface area contributed by atoms with Crippen LogP contribution >= 0.6 is 0 Å². The summed E-state index contributed by atoms with van der Waals surface area (Å²) in [6.07, 6.45) is 2.09. The molecule has 27 heavy (non-hydrogen) atoms. The second kappa shape index (κ2) is 7.82. The molecule has 0 spiro atoms. The van der Waals surface area contributed by atoms with Crippen LogP contribution in [0.3, 0.4) is 0 Å². The predicted octanol–water partition coefficient (Wildman–Crippen LogP) is 3.78. The molecular weight excluding hydrogens is 347 g/mol. The smallest absolute Gasteiger partial charge is 0.259 e. The summed E-state index contributed by atoms with van der Waals surface area (Å²) in [6, 6.07) is 12.8. The number of anilines is 2. The Hall–Kier alpha value is -3.48. The molecule has 3 rings (SSSR count). The first kappa shape index (κ1) is 18.3. The summed E-state index contributed by atoms with van der Waals surface area (Å²) in [7, 11) is 0. The van der Waals surface area contributed by atoms with Crippen molar-refractivity contribution in [1.82, 2.24) is 9.78 Å². The molecule has 2 N–H and O–H groups in total. The second-order valence-electron chi connectivity index (χ2n) is 5.96. The highest BCUT2D eigenvalue weighted by atomic mass is 19.1. The number of rotatable bonds is 5. The van der Waals surface area contributed by atoms with Gasteiger partial charge in [-0.2, -0.15) is 5.10 Å². The molecule has 0 saturated heterocycles. The first-order chi connectivity index (χ1) is 13.0. The molecule has 0 radical (unpaired) electrons. The third-order valence-corrected chi connectivity index (χ3v) is 3.98. The van der Waals surface area contributed by atoms with E-state index in [1.807, 2.05) is 6.92 Å². The highest BCUT2D eigenvalue weighted by Gasteiger charge is 2.17. The van der Waals surface area contributed by atoms with E-state index in [0.29, 0.717) is 29.0 Å². The normalized spacial score (nSPS) is 10.5. The van der Waals surface area contributed by atoms with Crippen LogP contribution in [0.25, 0.3) is 5.69 Å². The Kier molecular flexibility index (Phi) is 5.30. The van der Waals surface area contributed by atoms with E-state index >= 15 is 0 Å². The maximum absolute atomic E-state index is 13.1. The molecule has 2 aromatic carbocycles. The quantitative estimate of drug-likeness (QED) is 0.721. The summed E-state index contributed by atoms with van der Waals surface area (Å²) >= 11 is 0. The van der Waals surface area contributed by atoms with Crippen molar-refractivity contribution in [2.45, 2.75) is 20.3 Å². The lowest BCUT2D eigenvalue weighted by Crippen LogP contribution is -2.14. The summed E-state index contributed by atoms with van der Waals surface area (Å²) in [5.74, 6) is -0.773. The fraction of sp³-hybridized carbons (Fsp3) is 0.150. The lowest BCUT2D eigenvalue weighted by atomic mass is 10.1. The van der Waals surface area contributed by atoms with Crippen LogP contribution in [-0.4, -0.2) is 21.6 Å². The largest absolute Gasteiger partial charge is 0.326 e. The van der Waals surface area contributed by atoms with Gasteiger partial charge in [0.25, 0.3) is 5.91 Å². The summed E-state index contributed by atoms with van der Waals surface area (Å²) in [5, 5.41) is 9.77. The molecule has 0 aliphatic heterocycles. The number of benzene rings is 2. The van der Waals surface area contributed by atoms with Crippen LogP contribution in [0.4, 0.5) is 15.8 Å². The van der Waals surface area contributed by atoms with Crippen molar-refractivity contribution >= 4 is 23.2 Å². The highest BCUT2D eigenvalue weighted by Crippen LogP contribution is 2.19. The lowest BCUT2D eigenvalue weighted by molar-refractivity contribution is -0.114. The van der Waals surface area contributed by atoms with E-state index in [-0.39, 0.29) is 17.6 Å². The lowest BCUT2D eigenvalue weighted by Gasteiger charge is -2.09. The van der Waals surface area contributed by atoms with Crippen LogP contribution in [0.5, 0.6) is 0 Å². The van der Waals surface area contributed by atoms with Gasteiger partial charge < -0.3 is 10.6 Å². The van der Waals surface area contributed by atoms with Crippen LogP contribution in [0, 0.1) is 5.82 Å². The van der Waals surface area contributed by atoms with Gasteiger partial charge in [0.1, 0.15) is 5.82 Å². The summed E-state index contributed by atoms with van der Waals surface area (Å²) in [6.45, 7) is 3.36. The molecule has 7 heteroatoms. The Morgan fingerprint density at radius 1 is 1.00 bits per heavy atom. The number of carbonyl (C=O) groups excluding carboxylic acids is 2. The van der Waals surface area contributed by atoms with Crippen molar-refractivity contribution in [2.75, 3.05) is 10.6 Å². The Bertz CT molecular complexity index is 963. The molecular formula is C20H19FN4O2. The average Bonchev–Trinajstić information content (AvgIpc) is 3.07. The van der Waals surface area contributed by atoms with Crippen LogP contribution in [-0.2, 0) is 11.2 Å². The third kappa shape index (κ3) is 4.20. The minimum Gasteiger partial charge on any atom is -0.326 e. The Labute approximate surface area is 156 Å². The van der Waals surface area contributed by atoms with Gasteiger partial charge in [0.2, 0.25) is 5.91 Å². The van der Waals surface area contributed by atoms with Gasteiger partial charge in [0, 0.05) is 18.3 Å². The Balaban J connectivity index is 1.80. The van der Waals surface area contributed by atoms with E-state index in [1.165, 1.54) is 25.3 Å². The predicted molar refractivity (Wildman–Crippen MR) is 102 cm³/mol. The number of aromatic nitrogens is 2. The average molecular weight is 366 g/mol. The number of nitrogens with one attached hydrogen (secondary N) is 2. The molecule has 3 aromatic rings. The van der Waals surface area contributed by atoms with Gasteiger partial charge in [0.05, 0.1) is 23.1 Å². The zero-order valence-corrected chi connectivity index (χ0v) is 15.0.